The minimum atomic E-state index is -3.10. The number of alkyl carbamates (subject to hydrolysis) is 1. The molecule has 0 radical (unpaired) electrons. The first-order chi connectivity index (χ1) is 10.5. The standard InChI is InChI=1S/C15H20Cl2F2N2O2/c1-14(2,3)23-13(22)21-9-15(18,19)8-20-7-10-4-5-11(16)12(17)6-10/h4-6,20H,7-9H2,1-3H3,(H,21,22). The molecule has 1 amide bonds. The second kappa shape index (κ2) is 8.13. The Morgan fingerprint density at radius 2 is 1.83 bits per heavy atom. The zero-order valence-corrected chi connectivity index (χ0v) is 14.7. The van der Waals surface area contributed by atoms with Gasteiger partial charge in [-0.25, -0.2) is 13.6 Å². The first-order valence-electron chi connectivity index (χ1n) is 6.98. The number of halogens is 4. The van der Waals surface area contributed by atoms with Crippen LogP contribution in [0.25, 0.3) is 0 Å². The molecule has 0 spiro atoms. The van der Waals surface area contributed by atoms with Crippen LogP contribution < -0.4 is 10.6 Å². The smallest absolute Gasteiger partial charge is 0.407 e. The molecule has 0 bridgehead atoms. The third kappa shape index (κ3) is 8.34. The van der Waals surface area contributed by atoms with E-state index >= 15 is 0 Å². The van der Waals surface area contributed by atoms with Crippen LogP contribution in [-0.2, 0) is 11.3 Å². The summed E-state index contributed by atoms with van der Waals surface area (Å²) in [4.78, 5) is 11.4. The van der Waals surface area contributed by atoms with E-state index in [1.807, 2.05) is 0 Å². The van der Waals surface area contributed by atoms with Gasteiger partial charge in [0.25, 0.3) is 5.92 Å². The van der Waals surface area contributed by atoms with E-state index in [0.29, 0.717) is 10.0 Å². The summed E-state index contributed by atoms with van der Waals surface area (Å²) in [5, 5.41) is 5.44. The Balaban J connectivity index is 2.37. The molecule has 8 heteroatoms. The summed E-state index contributed by atoms with van der Waals surface area (Å²) < 4.78 is 32.3. The first-order valence-corrected chi connectivity index (χ1v) is 7.73. The molecule has 0 atom stereocenters. The maximum atomic E-state index is 13.7. The molecule has 0 unspecified atom stereocenters. The van der Waals surface area contributed by atoms with E-state index in [9.17, 15) is 13.6 Å². The molecule has 1 aromatic rings. The molecule has 0 heterocycles. The quantitative estimate of drug-likeness (QED) is 0.789. The van der Waals surface area contributed by atoms with Crippen LogP contribution in [-0.4, -0.2) is 30.7 Å². The normalized spacial score (nSPS) is 12.1. The van der Waals surface area contributed by atoms with Crippen molar-refractivity contribution in [1.82, 2.24) is 10.6 Å². The van der Waals surface area contributed by atoms with Gasteiger partial charge in [0.1, 0.15) is 5.60 Å². The van der Waals surface area contributed by atoms with Crippen molar-refractivity contribution in [3.8, 4) is 0 Å². The largest absolute Gasteiger partial charge is 0.444 e. The van der Waals surface area contributed by atoms with Gasteiger partial charge in [0, 0.05) is 6.54 Å². The van der Waals surface area contributed by atoms with E-state index in [-0.39, 0.29) is 6.54 Å². The van der Waals surface area contributed by atoms with Gasteiger partial charge in [-0.15, -0.1) is 0 Å². The predicted octanol–water partition coefficient (Wildman–Crippen LogP) is 4.24. The van der Waals surface area contributed by atoms with Crippen LogP contribution in [0.4, 0.5) is 13.6 Å². The van der Waals surface area contributed by atoms with Gasteiger partial charge in [0.2, 0.25) is 0 Å². The average Bonchev–Trinajstić information content (AvgIpc) is 2.39. The van der Waals surface area contributed by atoms with Gasteiger partial charge >= 0.3 is 6.09 Å². The molecule has 1 rings (SSSR count). The van der Waals surface area contributed by atoms with E-state index in [0.717, 1.165) is 5.56 Å². The van der Waals surface area contributed by atoms with Crippen molar-refractivity contribution in [2.75, 3.05) is 13.1 Å². The zero-order chi connectivity index (χ0) is 17.7. The maximum absolute atomic E-state index is 13.7. The first kappa shape index (κ1) is 19.9. The summed E-state index contributed by atoms with van der Waals surface area (Å²) in [6.45, 7) is 3.77. The number of nitrogens with one attached hydrogen (secondary N) is 2. The lowest BCUT2D eigenvalue weighted by Gasteiger charge is -2.22. The lowest BCUT2D eigenvalue weighted by atomic mass is 10.2. The molecule has 0 aliphatic heterocycles. The Hall–Kier alpha value is -1.11. The Morgan fingerprint density at radius 1 is 1.17 bits per heavy atom. The highest BCUT2D eigenvalue weighted by atomic mass is 35.5. The third-order valence-corrected chi connectivity index (χ3v) is 3.33. The van der Waals surface area contributed by atoms with Gasteiger partial charge in [0.05, 0.1) is 23.1 Å². The van der Waals surface area contributed by atoms with Crippen molar-refractivity contribution in [3.05, 3.63) is 33.8 Å². The Bertz CT molecular complexity index is 549. The highest BCUT2D eigenvalue weighted by molar-refractivity contribution is 6.42. The summed E-state index contributed by atoms with van der Waals surface area (Å²) in [7, 11) is 0. The van der Waals surface area contributed by atoms with E-state index in [1.165, 1.54) is 0 Å². The fraction of sp³-hybridized carbons (Fsp3) is 0.533. The molecule has 23 heavy (non-hydrogen) atoms. The molecular weight excluding hydrogens is 349 g/mol. The van der Waals surface area contributed by atoms with Crippen molar-refractivity contribution >= 4 is 29.3 Å². The maximum Gasteiger partial charge on any atom is 0.407 e. The number of carbonyl (C=O) groups excluding carboxylic acids is 1. The Morgan fingerprint density at radius 3 is 2.39 bits per heavy atom. The van der Waals surface area contributed by atoms with E-state index in [1.54, 1.807) is 39.0 Å². The molecule has 2 N–H and O–H groups in total. The summed E-state index contributed by atoms with van der Waals surface area (Å²) in [6.07, 6.45) is -0.873. The average molecular weight is 369 g/mol. The predicted molar refractivity (Wildman–Crippen MR) is 87.4 cm³/mol. The van der Waals surface area contributed by atoms with E-state index < -0.39 is 30.7 Å². The number of amides is 1. The van der Waals surface area contributed by atoms with Crippen LogP contribution in [0.1, 0.15) is 26.3 Å². The van der Waals surface area contributed by atoms with Gasteiger partial charge < -0.3 is 15.4 Å². The number of rotatable bonds is 6. The minimum absolute atomic E-state index is 0.207. The van der Waals surface area contributed by atoms with Crippen LogP contribution in [0.15, 0.2) is 18.2 Å². The highest BCUT2D eigenvalue weighted by Crippen LogP contribution is 2.22. The monoisotopic (exact) mass is 368 g/mol. The summed E-state index contributed by atoms with van der Waals surface area (Å²) in [6, 6.07) is 4.90. The second-order valence-corrected chi connectivity index (χ2v) is 6.88. The fourth-order valence-corrected chi connectivity index (χ4v) is 1.94. The molecule has 4 nitrogen and oxygen atoms in total. The molecule has 0 saturated carbocycles. The third-order valence-electron chi connectivity index (χ3n) is 2.59. The number of ether oxygens (including phenoxy) is 1. The van der Waals surface area contributed by atoms with Gasteiger partial charge in [-0.3, -0.25) is 0 Å². The molecule has 1 aromatic carbocycles. The van der Waals surface area contributed by atoms with Crippen molar-refractivity contribution in [3.63, 3.8) is 0 Å². The van der Waals surface area contributed by atoms with Gasteiger partial charge in [-0.1, -0.05) is 29.3 Å². The number of hydrogen-bond donors (Lipinski definition) is 2. The van der Waals surface area contributed by atoms with Crippen LogP contribution in [0.2, 0.25) is 10.0 Å². The minimum Gasteiger partial charge on any atom is -0.444 e. The van der Waals surface area contributed by atoms with E-state index in [4.69, 9.17) is 27.9 Å². The van der Waals surface area contributed by atoms with E-state index in [2.05, 4.69) is 10.6 Å². The van der Waals surface area contributed by atoms with Crippen LogP contribution >= 0.6 is 23.2 Å². The molecule has 0 aliphatic carbocycles. The number of carbonyl (C=O) groups is 1. The SMILES string of the molecule is CC(C)(C)OC(=O)NCC(F)(F)CNCc1ccc(Cl)c(Cl)c1. The zero-order valence-electron chi connectivity index (χ0n) is 13.2. The van der Waals surface area contributed by atoms with Crippen molar-refractivity contribution in [2.24, 2.45) is 0 Å². The van der Waals surface area contributed by atoms with Gasteiger partial charge in [0.15, 0.2) is 0 Å². The highest BCUT2D eigenvalue weighted by Gasteiger charge is 2.30. The van der Waals surface area contributed by atoms with Crippen molar-refractivity contribution < 1.29 is 18.3 Å². The van der Waals surface area contributed by atoms with Crippen molar-refractivity contribution in [2.45, 2.75) is 38.8 Å². The fourth-order valence-electron chi connectivity index (χ4n) is 1.62. The van der Waals surface area contributed by atoms with Gasteiger partial charge in [-0.05, 0) is 38.5 Å². The lowest BCUT2D eigenvalue weighted by Crippen LogP contribution is -2.44. The Kier molecular flexibility index (Phi) is 7.04. The lowest BCUT2D eigenvalue weighted by molar-refractivity contribution is -0.00376. The van der Waals surface area contributed by atoms with Crippen molar-refractivity contribution in [1.29, 1.82) is 0 Å². The molecule has 0 saturated heterocycles. The second-order valence-electron chi connectivity index (χ2n) is 6.06. The number of benzene rings is 1. The molecule has 0 fully saturated rings. The van der Waals surface area contributed by atoms with Crippen LogP contribution in [0, 0.1) is 0 Å². The molecule has 0 aromatic heterocycles. The number of alkyl halides is 2. The molecule has 0 aliphatic rings. The summed E-state index contributed by atoms with van der Waals surface area (Å²) >= 11 is 11.6. The molecule has 130 valence electrons. The summed E-state index contributed by atoms with van der Waals surface area (Å²) in [5.41, 5.74) is 0.00108. The van der Waals surface area contributed by atoms with Crippen LogP contribution in [0.5, 0.6) is 0 Å². The topological polar surface area (TPSA) is 50.4 Å². The Labute approximate surface area is 144 Å². The van der Waals surface area contributed by atoms with Crippen LogP contribution in [0.3, 0.4) is 0 Å². The summed E-state index contributed by atoms with van der Waals surface area (Å²) in [5.74, 6) is -3.10. The number of hydrogen-bond acceptors (Lipinski definition) is 3. The van der Waals surface area contributed by atoms with Gasteiger partial charge in [-0.2, -0.15) is 0 Å². The molecular formula is C15H20Cl2F2N2O2.